The first-order valence-electron chi connectivity index (χ1n) is 6.01. The summed E-state index contributed by atoms with van der Waals surface area (Å²) in [6.07, 6.45) is 0.789. The highest BCUT2D eigenvalue weighted by atomic mass is 32.1. The molecule has 0 aliphatic heterocycles. The number of nitrogens with zero attached hydrogens (tertiary/aromatic N) is 2. The van der Waals surface area contributed by atoms with E-state index < -0.39 is 0 Å². The Morgan fingerprint density at radius 3 is 2.67 bits per heavy atom. The molecule has 2 aromatic heterocycles. The molecule has 0 spiro atoms. The van der Waals surface area contributed by atoms with E-state index in [0.717, 1.165) is 24.6 Å². The number of hydrogen-bond donors (Lipinski definition) is 2. The molecule has 2 heterocycles. The Labute approximate surface area is 111 Å². The second-order valence-electron chi connectivity index (χ2n) is 4.25. The van der Waals surface area contributed by atoms with Crippen LogP contribution in [0.2, 0.25) is 0 Å². The molecule has 0 amide bonds. The highest BCUT2D eigenvalue weighted by molar-refractivity contribution is 7.12. The molecule has 0 aliphatic rings. The zero-order valence-electron chi connectivity index (χ0n) is 10.9. The van der Waals surface area contributed by atoms with Crippen LogP contribution in [0.3, 0.4) is 0 Å². The predicted molar refractivity (Wildman–Crippen MR) is 76.9 cm³/mol. The fourth-order valence-electron chi connectivity index (χ4n) is 1.68. The molecule has 2 aromatic rings. The summed E-state index contributed by atoms with van der Waals surface area (Å²) >= 11 is 1.81. The number of aryl methyl sites for hydroxylation is 3. The van der Waals surface area contributed by atoms with Gasteiger partial charge in [0.2, 0.25) is 0 Å². The van der Waals surface area contributed by atoms with Crippen molar-refractivity contribution in [2.24, 2.45) is 0 Å². The minimum absolute atomic E-state index is 0.517. The average Bonchev–Trinajstić information content (AvgIpc) is 2.65. The van der Waals surface area contributed by atoms with Crippen molar-refractivity contribution >= 4 is 23.0 Å². The monoisotopic (exact) mass is 262 g/mol. The minimum atomic E-state index is 0.517. The first kappa shape index (κ1) is 12.8. The van der Waals surface area contributed by atoms with Gasteiger partial charge in [-0.25, -0.2) is 9.97 Å². The fraction of sp³-hybridized carbons (Fsp3) is 0.385. The summed E-state index contributed by atoms with van der Waals surface area (Å²) in [7, 11) is 0. The Morgan fingerprint density at radius 2 is 2.06 bits per heavy atom. The second kappa shape index (κ2) is 5.35. The van der Waals surface area contributed by atoms with Crippen LogP contribution in [0, 0.1) is 13.8 Å². The van der Waals surface area contributed by atoms with Crippen molar-refractivity contribution in [3.63, 3.8) is 0 Å². The predicted octanol–water partition coefficient (Wildman–Crippen LogP) is 2.91. The number of hydrogen-bond acceptors (Lipinski definition) is 5. The van der Waals surface area contributed by atoms with E-state index in [-0.39, 0.29) is 0 Å². The molecule has 18 heavy (non-hydrogen) atoms. The van der Waals surface area contributed by atoms with E-state index in [2.05, 4.69) is 35.2 Å². The Kier molecular flexibility index (Phi) is 3.81. The molecule has 5 heteroatoms. The van der Waals surface area contributed by atoms with Crippen molar-refractivity contribution in [2.75, 3.05) is 11.1 Å². The number of thiophene rings is 1. The van der Waals surface area contributed by atoms with E-state index in [9.17, 15) is 0 Å². The van der Waals surface area contributed by atoms with Crippen LogP contribution in [-0.4, -0.2) is 9.97 Å². The number of nitrogens with two attached hydrogens (primary N) is 1. The zero-order chi connectivity index (χ0) is 13.1. The normalized spacial score (nSPS) is 10.6. The number of nitrogen functional groups attached to an aromatic ring is 1. The van der Waals surface area contributed by atoms with Crippen molar-refractivity contribution < 1.29 is 0 Å². The van der Waals surface area contributed by atoms with Gasteiger partial charge in [-0.2, -0.15) is 0 Å². The van der Waals surface area contributed by atoms with E-state index in [1.165, 1.54) is 15.3 Å². The summed E-state index contributed by atoms with van der Waals surface area (Å²) in [4.78, 5) is 11.2. The third-order valence-electron chi connectivity index (χ3n) is 2.77. The lowest BCUT2D eigenvalue weighted by Crippen LogP contribution is -2.05. The maximum atomic E-state index is 5.74. The molecule has 0 unspecified atom stereocenters. The summed E-state index contributed by atoms with van der Waals surface area (Å²) in [5.41, 5.74) is 7.08. The molecule has 0 atom stereocenters. The highest BCUT2D eigenvalue weighted by Crippen LogP contribution is 2.21. The third kappa shape index (κ3) is 2.98. The number of nitrogens with one attached hydrogen (secondary N) is 1. The van der Waals surface area contributed by atoms with Gasteiger partial charge in [0.1, 0.15) is 17.5 Å². The minimum Gasteiger partial charge on any atom is -0.384 e. The molecular weight excluding hydrogens is 244 g/mol. The van der Waals surface area contributed by atoms with Crippen LogP contribution in [0.25, 0.3) is 0 Å². The Morgan fingerprint density at radius 1 is 1.28 bits per heavy atom. The zero-order valence-corrected chi connectivity index (χ0v) is 11.8. The van der Waals surface area contributed by atoms with Gasteiger partial charge in [0.25, 0.3) is 0 Å². The molecule has 4 nitrogen and oxygen atoms in total. The van der Waals surface area contributed by atoms with E-state index in [1.54, 1.807) is 6.07 Å². The van der Waals surface area contributed by atoms with Crippen LogP contribution in [0.15, 0.2) is 12.1 Å². The molecular formula is C13H18N4S. The number of aromatic nitrogens is 2. The average molecular weight is 262 g/mol. The molecule has 96 valence electrons. The lowest BCUT2D eigenvalue weighted by Gasteiger charge is -2.06. The van der Waals surface area contributed by atoms with Crippen LogP contribution in [0.1, 0.15) is 28.1 Å². The largest absolute Gasteiger partial charge is 0.384 e. The Bertz CT molecular complexity index is 528. The fourth-order valence-corrected chi connectivity index (χ4v) is 2.67. The van der Waals surface area contributed by atoms with Gasteiger partial charge in [0.15, 0.2) is 0 Å². The highest BCUT2D eigenvalue weighted by Gasteiger charge is 2.04. The summed E-state index contributed by atoms with van der Waals surface area (Å²) in [6, 6.07) is 3.98. The van der Waals surface area contributed by atoms with Gasteiger partial charge in [-0.3, -0.25) is 0 Å². The SMILES string of the molecule is CCc1nc(N)cc(NCc2cc(C)c(C)s2)n1. The first-order chi connectivity index (χ1) is 8.58. The lowest BCUT2D eigenvalue weighted by atomic mass is 10.3. The van der Waals surface area contributed by atoms with Crippen molar-refractivity contribution in [3.8, 4) is 0 Å². The topological polar surface area (TPSA) is 63.8 Å². The van der Waals surface area contributed by atoms with Crippen LogP contribution in [0.5, 0.6) is 0 Å². The molecule has 0 radical (unpaired) electrons. The van der Waals surface area contributed by atoms with E-state index in [0.29, 0.717) is 5.82 Å². The van der Waals surface area contributed by atoms with Gasteiger partial charge in [0, 0.05) is 22.2 Å². The standard InChI is InChI=1S/C13H18N4S/c1-4-12-16-11(14)6-13(17-12)15-7-10-5-8(2)9(3)18-10/h5-6H,4,7H2,1-3H3,(H3,14,15,16,17). The second-order valence-corrected chi connectivity index (χ2v) is 5.59. The van der Waals surface area contributed by atoms with Gasteiger partial charge < -0.3 is 11.1 Å². The molecule has 3 N–H and O–H groups in total. The van der Waals surface area contributed by atoms with Crippen molar-refractivity contribution in [2.45, 2.75) is 33.7 Å². The molecule has 0 aliphatic carbocycles. The quantitative estimate of drug-likeness (QED) is 0.889. The number of rotatable bonds is 4. The van der Waals surface area contributed by atoms with Gasteiger partial charge >= 0.3 is 0 Å². The van der Waals surface area contributed by atoms with Crippen LogP contribution >= 0.6 is 11.3 Å². The molecule has 2 rings (SSSR count). The van der Waals surface area contributed by atoms with Crippen LogP contribution in [-0.2, 0) is 13.0 Å². The van der Waals surface area contributed by atoms with Gasteiger partial charge in [-0.05, 0) is 25.5 Å². The van der Waals surface area contributed by atoms with Gasteiger partial charge in [-0.15, -0.1) is 11.3 Å². The maximum absolute atomic E-state index is 5.74. The molecule has 0 aromatic carbocycles. The summed E-state index contributed by atoms with van der Waals surface area (Å²) in [5.74, 6) is 2.09. The Hall–Kier alpha value is -1.62. The smallest absolute Gasteiger partial charge is 0.132 e. The van der Waals surface area contributed by atoms with Crippen LogP contribution in [0.4, 0.5) is 11.6 Å². The molecule has 0 bridgehead atoms. The lowest BCUT2D eigenvalue weighted by molar-refractivity contribution is 0.939. The summed E-state index contributed by atoms with van der Waals surface area (Å²) < 4.78 is 0. The third-order valence-corrected chi connectivity index (χ3v) is 3.92. The maximum Gasteiger partial charge on any atom is 0.132 e. The molecule has 0 saturated heterocycles. The summed E-state index contributed by atoms with van der Waals surface area (Å²) in [5, 5.41) is 3.30. The Balaban J connectivity index is 2.07. The van der Waals surface area contributed by atoms with Crippen molar-refractivity contribution in [3.05, 3.63) is 33.3 Å². The summed E-state index contributed by atoms with van der Waals surface area (Å²) in [6.45, 7) is 7.07. The number of anilines is 2. The van der Waals surface area contributed by atoms with Gasteiger partial charge in [-0.1, -0.05) is 6.92 Å². The van der Waals surface area contributed by atoms with Crippen molar-refractivity contribution in [1.29, 1.82) is 0 Å². The first-order valence-corrected chi connectivity index (χ1v) is 6.83. The van der Waals surface area contributed by atoms with E-state index in [1.807, 2.05) is 18.3 Å². The molecule has 0 fully saturated rings. The molecule has 0 saturated carbocycles. The van der Waals surface area contributed by atoms with Crippen LogP contribution < -0.4 is 11.1 Å². The van der Waals surface area contributed by atoms with E-state index in [4.69, 9.17) is 5.73 Å². The van der Waals surface area contributed by atoms with E-state index >= 15 is 0 Å². The van der Waals surface area contributed by atoms with Gasteiger partial charge in [0.05, 0.1) is 6.54 Å². The van der Waals surface area contributed by atoms with Crippen molar-refractivity contribution in [1.82, 2.24) is 9.97 Å².